The lowest BCUT2D eigenvalue weighted by atomic mass is 9.94. The van der Waals surface area contributed by atoms with Crippen molar-refractivity contribution in [1.29, 1.82) is 0 Å². The highest BCUT2D eigenvalue weighted by molar-refractivity contribution is 7.91. The quantitative estimate of drug-likeness (QED) is 0.845. The van der Waals surface area contributed by atoms with Gasteiger partial charge in [0.2, 0.25) is 0 Å². The van der Waals surface area contributed by atoms with E-state index >= 15 is 0 Å². The highest BCUT2D eigenvalue weighted by atomic mass is 32.2. The van der Waals surface area contributed by atoms with E-state index in [2.05, 4.69) is 5.32 Å². The fourth-order valence-corrected chi connectivity index (χ4v) is 4.56. The van der Waals surface area contributed by atoms with Crippen LogP contribution in [0, 0.1) is 0 Å². The summed E-state index contributed by atoms with van der Waals surface area (Å²) in [6, 6.07) is 0.762. The van der Waals surface area contributed by atoms with Gasteiger partial charge in [0.05, 0.1) is 11.4 Å². The molecule has 4 unspecified atom stereocenters. The summed E-state index contributed by atoms with van der Waals surface area (Å²) < 4.78 is 28.8. The normalized spacial score (nSPS) is 37.9. The Balaban J connectivity index is 1.90. The minimum Gasteiger partial charge on any atom is -0.380 e. The number of methoxy groups -OCH3 is 1. The molecule has 18 heavy (non-hydrogen) atoms. The van der Waals surface area contributed by atoms with E-state index in [1.807, 2.05) is 0 Å². The molecule has 0 amide bonds. The molecule has 2 rings (SSSR count). The molecular formula is C13H25NO3S. The van der Waals surface area contributed by atoms with Crippen molar-refractivity contribution >= 4 is 9.84 Å². The molecule has 106 valence electrons. The van der Waals surface area contributed by atoms with Crippen LogP contribution in [0.2, 0.25) is 0 Å². The van der Waals surface area contributed by atoms with Crippen LogP contribution in [-0.2, 0) is 14.6 Å². The third-order valence-electron chi connectivity index (χ3n) is 4.44. The lowest BCUT2D eigenvalue weighted by Crippen LogP contribution is -2.46. The van der Waals surface area contributed by atoms with Gasteiger partial charge in [-0.05, 0) is 38.5 Å². The summed E-state index contributed by atoms with van der Waals surface area (Å²) in [4.78, 5) is 0. The van der Waals surface area contributed by atoms with Gasteiger partial charge in [-0.3, -0.25) is 0 Å². The van der Waals surface area contributed by atoms with Crippen LogP contribution in [0.4, 0.5) is 0 Å². The number of hydrogen-bond acceptors (Lipinski definition) is 4. The number of hydrogen-bond donors (Lipinski definition) is 1. The predicted molar refractivity (Wildman–Crippen MR) is 72.5 cm³/mol. The molecule has 2 saturated carbocycles. The summed E-state index contributed by atoms with van der Waals surface area (Å²) in [5, 5.41) is 3.48. The van der Waals surface area contributed by atoms with Crippen molar-refractivity contribution in [3.8, 4) is 0 Å². The van der Waals surface area contributed by atoms with Crippen LogP contribution in [0.15, 0.2) is 0 Å². The van der Waals surface area contributed by atoms with Crippen LogP contribution in [0.3, 0.4) is 0 Å². The van der Waals surface area contributed by atoms with Crippen LogP contribution in [0.25, 0.3) is 0 Å². The fourth-order valence-electron chi connectivity index (χ4n) is 3.39. The van der Waals surface area contributed by atoms with Crippen molar-refractivity contribution in [3.63, 3.8) is 0 Å². The maximum absolute atomic E-state index is 11.6. The van der Waals surface area contributed by atoms with Crippen LogP contribution < -0.4 is 5.32 Å². The molecule has 4 atom stereocenters. The van der Waals surface area contributed by atoms with Gasteiger partial charge in [0, 0.05) is 25.4 Å². The second-order valence-electron chi connectivity index (χ2n) is 5.79. The lowest BCUT2D eigenvalue weighted by Gasteiger charge is -2.32. The standard InChI is InChI=1S/C13H25NO3S/c1-17-13-8-4-7-12(13)14-10-5-3-6-11(9-10)18(2,15)16/h10-14H,3-9H2,1-2H3. The van der Waals surface area contributed by atoms with Gasteiger partial charge >= 0.3 is 0 Å². The van der Waals surface area contributed by atoms with Crippen molar-refractivity contribution in [1.82, 2.24) is 5.32 Å². The third-order valence-corrected chi connectivity index (χ3v) is 6.08. The van der Waals surface area contributed by atoms with Gasteiger partial charge in [-0.25, -0.2) is 8.42 Å². The van der Waals surface area contributed by atoms with E-state index in [4.69, 9.17) is 4.74 Å². The van der Waals surface area contributed by atoms with E-state index in [0.717, 1.165) is 38.5 Å². The van der Waals surface area contributed by atoms with E-state index in [1.165, 1.54) is 12.7 Å². The van der Waals surface area contributed by atoms with Gasteiger partial charge in [0.15, 0.2) is 0 Å². The van der Waals surface area contributed by atoms with Crippen LogP contribution >= 0.6 is 0 Å². The smallest absolute Gasteiger partial charge is 0.150 e. The minimum absolute atomic E-state index is 0.147. The molecule has 4 nitrogen and oxygen atoms in total. The van der Waals surface area contributed by atoms with Crippen LogP contribution in [0.5, 0.6) is 0 Å². The van der Waals surface area contributed by atoms with E-state index in [9.17, 15) is 8.42 Å². The van der Waals surface area contributed by atoms with Crippen molar-refractivity contribution < 1.29 is 13.2 Å². The largest absolute Gasteiger partial charge is 0.380 e. The Morgan fingerprint density at radius 1 is 1.11 bits per heavy atom. The van der Waals surface area contributed by atoms with Gasteiger partial charge in [-0.1, -0.05) is 6.42 Å². The summed E-state index contributed by atoms with van der Waals surface area (Å²) in [5.74, 6) is 0. The van der Waals surface area contributed by atoms with E-state index in [0.29, 0.717) is 18.2 Å². The van der Waals surface area contributed by atoms with Gasteiger partial charge in [-0.15, -0.1) is 0 Å². The summed E-state index contributed by atoms with van der Waals surface area (Å²) >= 11 is 0. The Morgan fingerprint density at radius 3 is 2.50 bits per heavy atom. The average molecular weight is 275 g/mol. The first-order chi connectivity index (χ1) is 8.50. The van der Waals surface area contributed by atoms with Gasteiger partial charge < -0.3 is 10.1 Å². The summed E-state index contributed by atoms with van der Waals surface area (Å²) in [7, 11) is -1.11. The Kier molecular flexibility index (Phi) is 4.67. The molecule has 0 bridgehead atoms. The molecule has 0 aliphatic heterocycles. The Morgan fingerprint density at radius 2 is 1.83 bits per heavy atom. The first-order valence-electron chi connectivity index (χ1n) is 6.98. The molecule has 0 aromatic heterocycles. The van der Waals surface area contributed by atoms with Crippen molar-refractivity contribution in [2.45, 2.75) is 68.4 Å². The first-order valence-corrected chi connectivity index (χ1v) is 8.94. The molecule has 0 aromatic carbocycles. The molecule has 1 N–H and O–H groups in total. The monoisotopic (exact) mass is 275 g/mol. The van der Waals surface area contributed by atoms with Gasteiger partial charge in [0.1, 0.15) is 9.84 Å². The average Bonchev–Trinajstić information content (AvgIpc) is 2.75. The SMILES string of the molecule is COC1CCCC1NC1CCCC(S(C)(=O)=O)C1. The molecule has 5 heteroatoms. The predicted octanol–water partition coefficient (Wildman–Crippen LogP) is 1.50. The zero-order valence-electron chi connectivity index (χ0n) is 11.4. The summed E-state index contributed by atoms with van der Waals surface area (Å²) in [6.45, 7) is 0. The molecular weight excluding hydrogens is 250 g/mol. The van der Waals surface area contributed by atoms with E-state index in [-0.39, 0.29) is 5.25 Å². The summed E-state index contributed by atoms with van der Waals surface area (Å²) in [6.07, 6.45) is 8.87. The number of rotatable bonds is 4. The zero-order valence-corrected chi connectivity index (χ0v) is 12.2. The Hall–Kier alpha value is -0.130. The molecule has 0 heterocycles. The van der Waals surface area contributed by atoms with Crippen LogP contribution in [-0.4, -0.2) is 45.2 Å². The second kappa shape index (κ2) is 5.88. The van der Waals surface area contributed by atoms with Crippen molar-refractivity contribution in [2.75, 3.05) is 13.4 Å². The Bertz CT molecular complexity index is 368. The highest BCUT2D eigenvalue weighted by Gasteiger charge is 2.33. The molecule has 0 spiro atoms. The molecule has 0 aromatic rings. The topological polar surface area (TPSA) is 55.4 Å². The molecule has 0 radical (unpaired) electrons. The lowest BCUT2D eigenvalue weighted by molar-refractivity contribution is 0.0792. The fraction of sp³-hybridized carbons (Fsp3) is 1.00. The first kappa shape index (κ1) is 14.3. The maximum atomic E-state index is 11.6. The molecule has 2 aliphatic carbocycles. The maximum Gasteiger partial charge on any atom is 0.150 e. The third kappa shape index (κ3) is 3.45. The molecule has 2 aliphatic rings. The molecule has 2 fully saturated rings. The summed E-state index contributed by atoms with van der Waals surface area (Å²) in [5.41, 5.74) is 0. The van der Waals surface area contributed by atoms with E-state index < -0.39 is 9.84 Å². The Labute approximate surface area is 110 Å². The van der Waals surface area contributed by atoms with Gasteiger partial charge in [-0.2, -0.15) is 0 Å². The second-order valence-corrected chi connectivity index (χ2v) is 8.12. The van der Waals surface area contributed by atoms with E-state index in [1.54, 1.807) is 7.11 Å². The van der Waals surface area contributed by atoms with Gasteiger partial charge in [0.25, 0.3) is 0 Å². The molecule has 0 saturated heterocycles. The minimum atomic E-state index is -2.88. The number of ether oxygens (including phenoxy) is 1. The number of sulfone groups is 1. The highest BCUT2D eigenvalue weighted by Crippen LogP contribution is 2.27. The number of nitrogens with one attached hydrogen (secondary N) is 1. The zero-order chi connectivity index (χ0) is 13.2. The van der Waals surface area contributed by atoms with Crippen molar-refractivity contribution in [3.05, 3.63) is 0 Å². The van der Waals surface area contributed by atoms with Crippen molar-refractivity contribution in [2.24, 2.45) is 0 Å². The van der Waals surface area contributed by atoms with Crippen LogP contribution in [0.1, 0.15) is 44.9 Å².